The molecule has 1 saturated carbocycles. The topological polar surface area (TPSA) is 108 Å². The number of carbonyl (C=O) groups excluding carboxylic acids is 2. The fourth-order valence-corrected chi connectivity index (χ4v) is 2.90. The number of carbonyl (C=O) groups is 2. The molecule has 8 nitrogen and oxygen atoms in total. The number of hydrogen-bond donors (Lipinski definition) is 1. The van der Waals surface area contributed by atoms with Crippen molar-refractivity contribution in [1.82, 2.24) is 0 Å². The zero-order valence-corrected chi connectivity index (χ0v) is 15.2. The van der Waals surface area contributed by atoms with Crippen LogP contribution in [-0.4, -0.2) is 34.8 Å². The number of amides is 1. The van der Waals surface area contributed by atoms with Gasteiger partial charge in [-0.05, 0) is 19.4 Å². The Labute approximate surface area is 153 Å². The molecule has 2 rings (SSSR count). The molecule has 10 heteroatoms. The molecule has 1 N–H and O–H groups in total. The van der Waals surface area contributed by atoms with Crippen LogP contribution in [0.4, 0.5) is 11.4 Å². The first-order valence-electron chi connectivity index (χ1n) is 7.20. The molecule has 136 valence electrons. The number of nitrogens with zero attached hydrogens (tertiary/aromatic N) is 1. The molecule has 0 radical (unpaired) electrons. The van der Waals surface area contributed by atoms with E-state index < -0.39 is 33.2 Å². The van der Waals surface area contributed by atoms with E-state index >= 15 is 0 Å². The average Bonchev–Trinajstić information content (AvgIpc) is 3.05. The zero-order valence-electron chi connectivity index (χ0n) is 13.7. The number of hydrogen-bond acceptors (Lipinski definition) is 6. The first kappa shape index (κ1) is 19.3. The van der Waals surface area contributed by atoms with Crippen molar-refractivity contribution in [2.75, 3.05) is 19.0 Å². The summed E-state index contributed by atoms with van der Waals surface area (Å²) in [6, 6.07) is 2.61. The van der Waals surface area contributed by atoms with Crippen LogP contribution in [-0.2, 0) is 14.3 Å². The Hall–Kier alpha value is -2.06. The summed E-state index contributed by atoms with van der Waals surface area (Å²) >= 11 is 11.8. The predicted octanol–water partition coefficient (Wildman–Crippen LogP) is 2.98. The maximum Gasteiger partial charge on any atom is 0.315 e. The number of ether oxygens (including phenoxy) is 2. The molecule has 1 aliphatic carbocycles. The third-order valence-electron chi connectivity index (χ3n) is 4.04. The van der Waals surface area contributed by atoms with Gasteiger partial charge < -0.3 is 14.8 Å². The van der Waals surface area contributed by atoms with E-state index in [-0.39, 0.29) is 17.9 Å². The fraction of sp³-hybridized carbons (Fsp3) is 0.467. The Bertz CT molecular complexity index is 752. The van der Waals surface area contributed by atoms with Gasteiger partial charge in [0.1, 0.15) is 9.75 Å². The van der Waals surface area contributed by atoms with Crippen LogP contribution in [0.2, 0.25) is 0 Å². The molecule has 1 aromatic rings. The minimum atomic E-state index is -1.18. The van der Waals surface area contributed by atoms with Crippen molar-refractivity contribution in [3.8, 4) is 5.75 Å². The molecule has 0 aliphatic heterocycles. The van der Waals surface area contributed by atoms with Crippen molar-refractivity contribution in [2.45, 2.75) is 24.6 Å². The zero-order chi connectivity index (χ0) is 19.0. The third-order valence-corrected chi connectivity index (χ3v) is 5.14. The standard InChI is InChI=1S/C15H16Cl2N2O6/c1-8-4-10(19(22)23)11(24-3)5-9(8)18-12(20)6-25-13(21)14(2)7-15(14,16)17/h4-5H,6-7H2,1-3H3,(H,18,20)/t14-/m1/s1. The van der Waals surface area contributed by atoms with E-state index in [1.54, 1.807) is 13.8 Å². The smallest absolute Gasteiger partial charge is 0.315 e. The number of aryl methyl sites for hydroxylation is 1. The second kappa shape index (κ2) is 6.68. The van der Waals surface area contributed by atoms with Crippen LogP contribution in [0.5, 0.6) is 5.75 Å². The molecule has 0 aromatic heterocycles. The number of halogens is 2. The molecule has 0 unspecified atom stereocenters. The molecule has 1 amide bonds. The van der Waals surface area contributed by atoms with Crippen LogP contribution in [0.3, 0.4) is 0 Å². The predicted molar refractivity (Wildman–Crippen MR) is 91.1 cm³/mol. The third kappa shape index (κ3) is 3.80. The minimum Gasteiger partial charge on any atom is -0.490 e. The van der Waals surface area contributed by atoms with E-state index in [9.17, 15) is 19.7 Å². The number of nitro benzene ring substituents is 1. The van der Waals surface area contributed by atoms with Gasteiger partial charge in [-0.15, -0.1) is 23.2 Å². The van der Waals surface area contributed by atoms with E-state index in [4.69, 9.17) is 32.7 Å². The van der Waals surface area contributed by atoms with Crippen LogP contribution in [0.25, 0.3) is 0 Å². The van der Waals surface area contributed by atoms with Crippen LogP contribution in [0, 0.1) is 22.5 Å². The van der Waals surface area contributed by atoms with Gasteiger partial charge in [0.05, 0.1) is 12.0 Å². The van der Waals surface area contributed by atoms with E-state index in [2.05, 4.69) is 5.32 Å². The second-order valence-corrected chi connectivity index (χ2v) is 7.42. The maximum atomic E-state index is 12.0. The molecule has 25 heavy (non-hydrogen) atoms. The molecule has 1 fully saturated rings. The molecule has 1 aliphatic rings. The Morgan fingerprint density at radius 3 is 2.48 bits per heavy atom. The van der Waals surface area contributed by atoms with E-state index in [1.165, 1.54) is 19.2 Å². The highest BCUT2D eigenvalue weighted by Gasteiger charge is 2.69. The van der Waals surface area contributed by atoms with Crippen molar-refractivity contribution in [3.05, 3.63) is 27.8 Å². The lowest BCUT2D eigenvalue weighted by molar-refractivity contribution is -0.385. The Morgan fingerprint density at radius 2 is 2.00 bits per heavy atom. The Balaban J connectivity index is 2.01. The molecule has 1 atom stereocenters. The first-order valence-corrected chi connectivity index (χ1v) is 7.95. The molecule has 0 bridgehead atoms. The molecule has 1 aromatic carbocycles. The summed E-state index contributed by atoms with van der Waals surface area (Å²) in [4.78, 5) is 34.3. The Morgan fingerprint density at radius 1 is 1.40 bits per heavy atom. The van der Waals surface area contributed by atoms with Gasteiger partial charge in [0.2, 0.25) is 0 Å². The van der Waals surface area contributed by atoms with Crippen LogP contribution < -0.4 is 10.1 Å². The van der Waals surface area contributed by atoms with E-state index in [0.717, 1.165) is 0 Å². The monoisotopic (exact) mass is 390 g/mol. The quantitative estimate of drug-likeness (QED) is 0.346. The number of benzene rings is 1. The summed E-state index contributed by atoms with van der Waals surface area (Å²) in [5.74, 6) is -1.26. The maximum absolute atomic E-state index is 12.0. The van der Waals surface area contributed by atoms with Gasteiger partial charge in [-0.1, -0.05) is 0 Å². The lowest BCUT2D eigenvalue weighted by Crippen LogP contribution is -2.27. The van der Waals surface area contributed by atoms with Crippen molar-refractivity contribution in [1.29, 1.82) is 0 Å². The van der Waals surface area contributed by atoms with Crippen molar-refractivity contribution in [3.63, 3.8) is 0 Å². The van der Waals surface area contributed by atoms with Crippen molar-refractivity contribution in [2.24, 2.45) is 5.41 Å². The molecular weight excluding hydrogens is 375 g/mol. The number of alkyl halides is 2. The number of anilines is 1. The average molecular weight is 391 g/mol. The molecule has 0 heterocycles. The summed E-state index contributed by atoms with van der Waals surface area (Å²) in [7, 11) is 1.28. The first-order chi connectivity index (χ1) is 11.5. The summed E-state index contributed by atoms with van der Waals surface area (Å²) in [6.07, 6.45) is 0.252. The number of nitro groups is 1. The van der Waals surface area contributed by atoms with Gasteiger partial charge in [0, 0.05) is 24.2 Å². The van der Waals surface area contributed by atoms with Gasteiger partial charge >= 0.3 is 11.7 Å². The summed E-state index contributed by atoms with van der Waals surface area (Å²) < 4.78 is 8.71. The minimum absolute atomic E-state index is 0.00227. The normalized spacial score (nSPS) is 20.5. The van der Waals surface area contributed by atoms with Gasteiger partial charge in [0.15, 0.2) is 12.4 Å². The van der Waals surface area contributed by atoms with Gasteiger partial charge in [0.25, 0.3) is 5.91 Å². The number of esters is 1. The fourth-order valence-electron chi connectivity index (χ4n) is 2.21. The lowest BCUT2D eigenvalue weighted by atomic mass is 10.1. The highest BCUT2D eigenvalue weighted by molar-refractivity contribution is 6.53. The Kier molecular flexibility index (Phi) is 5.15. The molecule has 0 saturated heterocycles. The highest BCUT2D eigenvalue weighted by Crippen LogP contribution is 2.64. The number of rotatable bonds is 6. The summed E-state index contributed by atoms with van der Waals surface area (Å²) in [6.45, 7) is 2.62. The second-order valence-electron chi connectivity index (χ2n) is 5.93. The van der Waals surface area contributed by atoms with E-state index in [1.807, 2.05) is 0 Å². The van der Waals surface area contributed by atoms with Gasteiger partial charge in [-0.2, -0.15) is 0 Å². The summed E-state index contributed by atoms with van der Waals surface area (Å²) in [5, 5.41) is 13.5. The molecule has 0 spiro atoms. The van der Waals surface area contributed by atoms with Gasteiger partial charge in [-0.3, -0.25) is 19.7 Å². The molecular formula is C15H16Cl2N2O6. The van der Waals surface area contributed by atoms with Crippen LogP contribution in [0.15, 0.2) is 12.1 Å². The van der Waals surface area contributed by atoms with E-state index in [0.29, 0.717) is 11.3 Å². The van der Waals surface area contributed by atoms with Crippen molar-refractivity contribution >= 4 is 46.5 Å². The number of nitrogens with one attached hydrogen (secondary N) is 1. The van der Waals surface area contributed by atoms with Crippen LogP contribution in [0.1, 0.15) is 18.9 Å². The highest BCUT2D eigenvalue weighted by atomic mass is 35.5. The SMILES string of the molecule is COc1cc(NC(=O)COC(=O)[C@@]2(C)CC2(Cl)Cl)c(C)cc1[N+](=O)[O-]. The lowest BCUT2D eigenvalue weighted by Gasteiger charge is -2.13. The number of methoxy groups -OCH3 is 1. The van der Waals surface area contributed by atoms with Crippen molar-refractivity contribution < 1.29 is 24.0 Å². The van der Waals surface area contributed by atoms with Crippen LogP contribution >= 0.6 is 23.2 Å². The largest absolute Gasteiger partial charge is 0.490 e. The summed E-state index contributed by atoms with van der Waals surface area (Å²) in [5.41, 5.74) is -0.471. The van der Waals surface area contributed by atoms with Gasteiger partial charge in [-0.25, -0.2) is 0 Å².